The van der Waals surface area contributed by atoms with Crippen LogP contribution in [0.5, 0.6) is 0 Å². The molecule has 1 aromatic carbocycles. The largest absolute Gasteiger partial charge is 0.467 e. The molecule has 3 aromatic rings. The molecule has 6 heteroatoms. The van der Waals surface area contributed by atoms with Gasteiger partial charge in [-0.25, -0.2) is 4.98 Å². The van der Waals surface area contributed by atoms with Gasteiger partial charge in [0.25, 0.3) is 5.91 Å². The van der Waals surface area contributed by atoms with Crippen LogP contribution in [-0.2, 0) is 19.6 Å². The van der Waals surface area contributed by atoms with Crippen molar-refractivity contribution in [3.05, 3.63) is 77.4 Å². The molecule has 2 aromatic heterocycles. The zero-order valence-corrected chi connectivity index (χ0v) is 17.5. The standard InChI is InChI=1S/C23H29N3O3/c1-16(2)18(4)26(13-19-9-6-5-8-17(19)3)14-22-25-21(15-29-22)23(27)24-12-20-10-7-11-28-20/h5-11,15-16,18H,12-14H2,1-4H3,(H,24,27). The fourth-order valence-corrected chi connectivity index (χ4v) is 3.10. The molecule has 0 saturated carbocycles. The molecule has 0 bridgehead atoms. The van der Waals surface area contributed by atoms with Crippen LogP contribution in [-0.4, -0.2) is 21.8 Å². The van der Waals surface area contributed by atoms with Gasteiger partial charge in [0, 0.05) is 12.6 Å². The number of aromatic nitrogens is 1. The van der Waals surface area contributed by atoms with Gasteiger partial charge in [-0.1, -0.05) is 38.1 Å². The Balaban J connectivity index is 1.67. The van der Waals surface area contributed by atoms with E-state index in [4.69, 9.17) is 8.83 Å². The molecule has 154 valence electrons. The van der Waals surface area contributed by atoms with Gasteiger partial charge in [0.15, 0.2) is 5.69 Å². The first-order chi connectivity index (χ1) is 13.9. The lowest BCUT2D eigenvalue weighted by Crippen LogP contribution is -2.36. The lowest BCUT2D eigenvalue weighted by atomic mass is 10.0. The number of amides is 1. The monoisotopic (exact) mass is 395 g/mol. The summed E-state index contributed by atoms with van der Waals surface area (Å²) in [6.45, 7) is 10.4. The van der Waals surface area contributed by atoms with E-state index >= 15 is 0 Å². The Bertz CT molecular complexity index is 915. The summed E-state index contributed by atoms with van der Waals surface area (Å²) in [5, 5.41) is 2.79. The maximum Gasteiger partial charge on any atom is 0.273 e. The molecule has 6 nitrogen and oxygen atoms in total. The number of nitrogens with one attached hydrogen (secondary N) is 1. The van der Waals surface area contributed by atoms with E-state index in [2.05, 4.69) is 67.2 Å². The van der Waals surface area contributed by atoms with Crippen molar-refractivity contribution in [1.82, 2.24) is 15.2 Å². The van der Waals surface area contributed by atoms with Gasteiger partial charge in [0.1, 0.15) is 12.0 Å². The van der Waals surface area contributed by atoms with E-state index in [1.165, 1.54) is 17.4 Å². The Morgan fingerprint density at radius 3 is 2.59 bits per heavy atom. The van der Waals surface area contributed by atoms with Crippen LogP contribution in [0.4, 0.5) is 0 Å². The van der Waals surface area contributed by atoms with Crippen molar-refractivity contribution in [3.63, 3.8) is 0 Å². The molecule has 0 fully saturated rings. The molecule has 1 amide bonds. The summed E-state index contributed by atoms with van der Waals surface area (Å²) in [6, 6.07) is 12.3. The van der Waals surface area contributed by atoms with Gasteiger partial charge in [-0.3, -0.25) is 9.69 Å². The van der Waals surface area contributed by atoms with E-state index in [-0.39, 0.29) is 11.6 Å². The Kier molecular flexibility index (Phi) is 6.88. The molecule has 29 heavy (non-hydrogen) atoms. The average molecular weight is 396 g/mol. The number of carbonyl (C=O) groups is 1. The van der Waals surface area contributed by atoms with Gasteiger partial charge in [-0.05, 0) is 43.0 Å². The second-order valence-corrected chi connectivity index (χ2v) is 7.70. The molecular weight excluding hydrogens is 366 g/mol. The van der Waals surface area contributed by atoms with Crippen LogP contribution in [0.1, 0.15) is 54.0 Å². The predicted octanol–water partition coefficient (Wildman–Crippen LogP) is 4.55. The number of aryl methyl sites for hydroxylation is 1. The number of oxazole rings is 1. The summed E-state index contributed by atoms with van der Waals surface area (Å²) in [6.07, 6.45) is 2.99. The Labute approximate surface area is 171 Å². The number of rotatable bonds is 9. The van der Waals surface area contributed by atoms with Gasteiger partial charge < -0.3 is 14.2 Å². The Morgan fingerprint density at radius 1 is 1.10 bits per heavy atom. The number of furan rings is 1. The van der Waals surface area contributed by atoms with Crippen LogP contribution in [0.15, 0.2) is 57.8 Å². The third kappa shape index (κ3) is 5.57. The highest BCUT2D eigenvalue weighted by molar-refractivity contribution is 5.91. The highest BCUT2D eigenvalue weighted by Gasteiger charge is 2.21. The van der Waals surface area contributed by atoms with Gasteiger partial charge in [-0.15, -0.1) is 0 Å². The fraction of sp³-hybridized carbons (Fsp3) is 0.391. The number of hydrogen-bond donors (Lipinski definition) is 1. The highest BCUT2D eigenvalue weighted by atomic mass is 16.3. The summed E-state index contributed by atoms with van der Waals surface area (Å²) < 4.78 is 10.8. The molecular formula is C23H29N3O3. The van der Waals surface area contributed by atoms with Gasteiger partial charge in [0.2, 0.25) is 5.89 Å². The third-order valence-corrected chi connectivity index (χ3v) is 5.30. The summed E-state index contributed by atoms with van der Waals surface area (Å²) >= 11 is 0. The van der Waals surface area contributed by atoms with Crippen molar-refractivity contribution in [2.75, 3.05) is 0 Å². The van der Waals surface area contributed by atoms with Crippen LogP contribution in [0.3, 0.4) is 0 Å². The van der Waals surface area contributed by atoms with Gasteiger partial charge >= 0.3 is 0 Å². The Hall–Kier alpha value is -2.86. The second-order valence-electron chi connectivity index (χ2n) is 7.70. The van der Waals surface area contributed by atoms with Crippen molar-refractivity contribution in [1.29, 1.82) is 0 Å². The number of carbonyl (C=O) groups excluding carboxylic acids is 1. The summed E-state index contributed by atoms with van der Waals surface area (Å²) in [4.78, 5) is 19.1. The van der Waals surface area contributed by atoms with Crippen LogP contribution < -0.4 is 5.32 Å². The van der Waals surface area contributed by atoms with Crippen molar-refractivity contribution < 1.29 is 13.6 Å². The first-order valence-corrected chi connectivity index (χ1v) is 9.97. The van der Waals surface area contributed by atoms with Gasteiger partial charge in [-0.2, -0.15) is 0 Å². The van der Waals surface area contributed by atoms with Crippen molar-refractivity contribution in [3.8, 4) is 0 Å². The maximum atomic E-state index is 12.3. The van der Waals surface area contributed by atoms with Crippen LogP contribution in [0, 0.1) is 12.8 Å². The minimum atomic E-state index is -0.279. The van der Waals surface area contributed by atoms with E-state index in [9.17, 15) is 4.79 Å². The van der Waals surface area contributed by atoms with Crippen LogP contribution in [0.25, 0.3) is 0 Å². The van der Waals surface area contributed by atoms with Gasteiger partial charge in [0.05, 0.1) is 19.4 Å². The lowest BCUT2D eigenvalue weighted by molar-refractivity contribution is 0.0942. The number of hydrogen-bond acceptors (Lipinski definition) is 5. The van der Waals surface area contributed by atoms with Crippen molar-refractivity contribution in [2.45, 2.75) is 53.4 Å². The molecule has 0 radical (unpaired) electrons. The lowest BCUT2D eigenvalue weighted by Gasteiger charge is -2.31. The minimum absolute atomic E-state index is 0.277. The molecule has 1 atom stereocenters. The molecule has 0 saturated heterocycles. The third-order valence-electron chi connectivity index (χ3n) is 5.30. The quantitative estimate of drug-likeness (QED) is 0.575. The molecule has 1 N–H and O–H groups in total. The smallest absolute Gasteiger partial charge is 0.273 e. The predicted molar refractivity (Wildman–Crippen MR) is 111 cm³/mol. The van der Waals surface area contributed by atoms with E-state index in [1.807, 2.05) is 6.07 Å². The average Bonchev–Trinajstić information content (AvgIpc) is 3.38. The normalized spacial score (nSPS) is 12.5. The molecule has 0 aliphatic rings. The highest BCUT2D eigenvalue weighted by Crippen LogP contribution is 2.19. The first kappa shape index (κ1) is 20.9. The number of benzene rings is 1. The number of nitrogens with zero attached hydrogens (tertiary/aromatic N) is 2. The van der Waals surface area contributed by atoms with E-state index in [0.29, 0.717) is 36.7 Å². The molecule has 0 spiro atoms. The molecule has 1 unspecified atom stereocenters. The second kappa shape index (κ2) is 9.56. The van der Waals surface area contributed by atoms with Crippen LogP contribution in [0.2, 0.25) is 0 Å². The zero-order valence-electron chi connectivity index (χ0n) is 17.5. The fourth-order valence-electron chi connectivity index (χ4n) is 3.10. The van der Waals surface area contributed by atoms with E-state index in [0.717, 1.165) is 6.54 Å². The minimum Gasteiger partial charge on any atom is -0.467 e. The van der Waals surface area contributed by atoms with Crippen molar-refractivity contribution in [2.24, 2.45) is 5.92 Å². The zero-order chi connectivity index (χ0) is 20.8. The topological polar surface area (TPSA) is 71.5 Å². The molecule has 2 heterocycles. The summed E-state index contributed by atoms with van der Waals surface area (Å²) in [7, 11) is 0. The van der Waals surface area contributed by atoms with E-state index in [1.54, 1.807) is 12.3 Å². The molecule has 0 aliphatic heterocycles. The first-order valence-electron chi connectivity index (χ1n) is 9.97. The summed E-state index contributed by atoms with van der Waals surface area (Å²) in [5.41, 5.74) is 2.82. The summed E-state index contributed by atoms with van der Waals surface area (Å²) in [5.74, 6) is 1.43. The SMILES string of the molecule is Cc1ccccc1CN(Cc1nc(C(=O)NCc2ccco2)co1)C(C)C(C)C. The Morgan fingerprint density at radius 2 is 1.90 bits per heavy atom. The molecule has 0 aliphatic carbocycles. The van der Waals surface area contributed by atoms with E-state index < -0.39 is 0 Å². The maximum absolute atomic E-state index is 12.3. The van der Waals surface area contributed by atoms with Crippen molar-refractivity contribution >= 4 is 5.91 Å². The van der Waals surface area contributed by atoms with Crippen LogP contribution >= 0.6 is 0 Å². The molecule has 3 rings (SSSR count).